The van der Waals surface area contributed by atoms with Crippen molar-refractivity contribution in [1.29, 1.82) is 0 Å². The number of pyridine rings is 2. The molecule has 2 aliphatic rings. The van der Waals surface area contributed by atoms with Crippen LogP contribution < -0.4 is 0 Å². The van der Waals surface area contributed by atoms with Gasteiger partial charge in [-0.25, -0.2) is 0 Å². The van der Waals surface area contributed by atoms with Crippen molar-refractivity contribution in [2.75, 3.05) is 0 Å². The number of hydrogen-bond donors (Lipinski definition) is 0. The van der Waals surface area contributed by atoms with E-state index in [0.717, 1.165) is 38.6 Å². The summed E-state index contributed by atoms with van der Waals surface area (Å²) in [5.41, 5.74) is 19.4. The quantitative estimate of drug-likeness (QED) is 0.185. The van der Waals surface area contributed by atoms with Crippen molar-refractivity contribution in [2.24, 2.45) is 0 Å². The lowest BCUT2D eigenvalue weighted by molar-refractivity contribution is 0.794. The first-order valence-corrected chi connectivity index (χ1v) is 18.6. The number of benzene rings is 7. The van der Waals surface area contributed by atoms with Crippen molar-refractivity contribution in [3.63, 3.8) is 0 Å². The lowest BCUT2D eigenvalue weighted by Crippen LogP contribution is -2.25. The zero-order valence-electron chi connectivity index (χ0n) is 29.2. The van der Waals surface area contributed by atoms with E-state index in [-0.39, 0.29) is 5.41 Å². The molecule has 1 spiro atoms. The van der Waals surface area contributed by atoms with Gasteiger partial charge in [0, 0.05) is 35.1 Å². The summed E-state index contributed by atoms with van der Waals surface area (Å²) in [7, 11) is 0. The minimum atomic E-state index is -0.383. The van der Waals surface area contributed by atoms with Crippen LogP contribution in [0.2, 0.25) is 0 Å². The van der Waals surface area contributed by atoms with Crippen molar-refractivity contribution in [3.8, 4) is 50.2 Å². The van der Waals surface area contributed by atoms with E-state index in [2.05, 4.69) is 168 Å². The number of para-hydroxylation sites is 1. The molecule has 2 aliphatic carbocycles. The van der Waals surface area contributed by atoms with Gasteiger partial charge < -0.3 is 4.57 Å². The van der Waals surface area contributed by atoms with E-state index in [9.17, 15) is 0 Å². The molecule has 0 N–H and O–H groups in total. The molecule has 0 fully saturated rings. The summed E-state index contributed by atoms with van der Waals surface area (Å²) in [6.07, 6.45) is 5.86. The highest BCUT2D eigenvalue weighted by Gasteiger charge is 2.52. The average molecular weight is 686 g/mol. The predicted octanol–water partition coefficient (Wildman–Crippen LogP) is 12.4. The molecule has 0 aliphatic heterocycles. The van der Waals surface area contributed by atoms with Gasteiger partial charge in [0.2, 0.25) is 0 Å². The Balaban J connectivity index is 1.09. The van der Waals surface area contributed by atoms with E-state index in [0.29, 0.717) is 0 Å². The van der Waals surface area contributed by atoms with E-state index in [1.54, 1.807) is 0 Å². The Morgan fingerprint density at radius 2 is 1.07 bits per heavy atom. The highest BCUT2D eigenvalue weighted by molar-refractivity contribution is 6.12. The van der Waals surface area contributed by atoms with Crippen LogP contribution in [0.25, 0.3) is 82.9 Å². The summed E-state index contributed by atoms with van der Waals surface area (Å²) in [4.78, 5) is 9.60. The van der Waals surface area contributed by atoms with Crippen LogP contribution in [0.3, 0.4) is 0 Å². The molecule has 3 aromatic heterocycles. The molecule has 10 aromatic rings. The Morgan fingerprint density at radius 3 is 1.87 bits per heavy atom. The molecule has 0 amide bonds. The van der Waals surface area contributed by atoms with Crippen molar-refractivity contribution in [1.82, 2.24) is 14.5 Å². The van der Waals surface area contributed by atoms with E-state index in [4.69, 9.17) is 9.97 Å². The molecular weight excluding hydrogens is 655 g/mol. The number of nitrogens with zero attached hydrogens (tertiary/aromatic N) is 3. The molecule has 3 heteroatoms. The maximum Gasteiger partial charge on any atom is 0.0963 e. The van der Waals surface area contributed by atoms with Crippen molar-refractivity contribution in [2.45, 2.75) is 5.41 Å². The van der Waals surface area contributed by atoms with Gasteiger partial charge in [-0.15, -0.1) is 0 Å². The van der Waals surface area contributed by atoms with Crippen LogP contribution in [0.1, 0.15) is 22.3 Å². The van der Waals surface area contributed by atoms with Gasteiger partial charge >= 0.3 is 0 Å². The van der Waals surface area contributed by atoms with Crippen molar-refractivity contribution < 1.29 is 0 Å². The maximum atomic E-state index is 4.89. The molecule has 0 saturated carbocycles. The van der Waals surface area contributed by atoms with Gasteiger partial charge in [-0.2, -0.15) is 0 Å². The molecule has 250 valence electrons. The average Bonchev–Trinajstić information content (AvgIpc) is 3.85. The van der Waals surface area contributed by atoms with Gasteiger partial charge in [0.15, 0.2) is 0 Å². The zero-order chi connectivity index (χ0) is 35.4. The van der Waals surface area contributed by atoms with Crippen LogP contribution in [-0.4, -0.2) is 14.5 Å². The van der Waals surface area contributed by atoms with Gasteiger partial charge in [-0.3, -0.25) is 9.97 Å². The molecule has 0 bridgehead atoms. The third-order valence-electron chi connectivity index (χ3n) is 12.0. The molecule has 0 radical (unpaired) electrons. The summed E-state index contributed by atoms with van der Waals surface area (Å²) >= 11 is 0. The molecule has 54 heavy (non-hydrogen) atoms. The molecular formula is C51H31N3. The summed E-state index contributed by atoms with van der Waals surface area (Å²) in [5.74, 6) is 0. The van der Waals surface area contributed by atoms with Crippen LogP contribution >= 0.6 is 0 Å². The monoisotopic (exact) mass is 685 g/mol. The second-order valence-electron chi connectivity index (χ2n) is 14.5. The first-order valence-electron chi connectivity index (χ1n) is 18.6. The van der Waals surface area contributed by atoms with E-state index in [1.807, 2.05) is 24.7 Å². The first-order chi connectivity index (χ1) is 26.8. The third-order valence-corrected chi connectivity index (χ3v) is 12.0. The molecule has 0 unspecified atom stereocenters. The zero-order valence-corrected chi connectivity index (χ0v) is 29.2. The topological polar surface area (TPSA) is 30.7 Å². The van der Waals surface area contributed by atoms with Crippen LogP contribution in [0.4, 0.5) is 0 Å². The second kappa shape index (κ2) is 11.0. The highest BCUT2D eigenvalue weighted by atomic mass is 15.0. The molecule has 7 aromatic carbocycles. The number of aromatic nitrogens is 3. The van der Waals surface area contributed by atoms with Crippen LogP contribution in [0.5, 0.6) is 0 Å². The van der Waals surface area contributed by atoms with Crippen LogP contribution in [0, 0.1) is 0 Å². The van der Waals surface area contributed by atoms with Crippen LogP contribution in [-0.2, 0) is 5.41 Å². The van der Waals surface area contributed by atoms with Gasteiger partial charge in [0.1, 0.15) is 0 Å². The standard InChI is InChI=1S/C51H31N3/c1-2-12-33(13-3-1)54-47-26-23-32(30-41(47)50-48(54)22-11-28-53-50)34-24-25-35(42-31-52-29-27-36(34)42)39-17-10-21-46-49(39)40-16-6-9-20-45(40)51(46)43-18-7-4-14-37(43)38-15-5-8-19-44(38)51/h1-31H. The summed E-state index contributed by atoms with van der Waals surface area (Å²) in [6, 6.07) is 62.3. The lowest BCUT2D eigenvalue weighted by atomic mass is 9.70. The predicted molar refractivity (Wildman–Crippen MR) is 221 cm³/mol. The molecule has 3 heterocycles. The fourth-order valence-corrected chi connectivity index (χ4v) is 9.90. The van der Waals surface area contributed by atoms with E-state index >= 15 is 0 Å². The van der Waals surface area contributed by atoms with Gasteiger partial charge in [-0.1, -0.05) is 127 Å². The van der Waals surface area contributed by atoms with Crippen molar-refractivity contribution in [3.05, 3.63) is 211 Å². The third kappa shape index (κ3) is 3.75. The van der Waals surface area contributed by atoms with Gasteiger partial charge in [0.25, 0.3) is 0 Å². The Labute approximate surface area is 312 Å². The summed E-state index contributed by atoms with van der Waals surface area (Å²) < 4.78 is 2.31. The number of rotatable bonds is 3. The fourth-order valence-electron chi connectivity index (χ4n) is 9.90. The van der Waals surface area contributed by atoms with Crippen molar-refractivity contribution >= 4 is 32.7 Å². The lowest BCUT2D eigenvalue weighted by Gasteiger charge is -2.30. The molecule has 0 saturated heterocycles. The Hall–Kier alpha value is -7.10. The molecule has 12 rings (SSSR count). The Morgan fingerprint density at radius 1 is 0.407 bits per heavy atom. The molecule has 0 atom stereocenters. The number of hydrogen-bond acceptors (Lipinski definition) is 2. The largest absolute Gasteiger partial charge is 0.308 e. The maximum absolute atomic E-state index is 4.89. The second-order valence-corrected chi connectivity index (χ2v) is 14.5. The summed E-state index contributed by atoms with van der Waals surface area (Å²) in [5, 5.41) is 3.45. The normalized spacial score (nSPS) is 13.3. The van der Waals surface area contributed by atoms with Gasteiger partial charge in [0.05, 0.1) is 22.0 Å². The van der Waals surface area contributed by atoms with E-state index < -0.39 is 0 Å². The SMILES string of the molecule is c1ccc(-n2c3ccc(-c4ccc(-c5cccc6c5-c5ccccc5C65c6ccccc6-c6ccccc65)c5cnccc45)cc3c3ncccc32)cc1. The van der Waals surface area contributed by atoms with Gasteiger partial charge in [-0.05, 0) is 115 Å². The van der Waals surface area contributed by atoms with Crippen LogP contribution in [0.15, 0.2) is 188 Å². The summed E-state index contributed by atoms with van der Waals surface area (Å²) in [6.45, 7) is 0. The Bertz CT molecular complexity index is 3130. The highest BCUT2D eigenvalue weighted by Crippen LogP contribution is 2.64. The minimum absolute atomic E-state index is 0.383. The molecule has 3 nitrogen and oxygen atoms in total. The smallest absolute Gasteiger partial charge is 0.0963 e. The number of fused-ring (bicyclic) bond motifs is 14. The minimum Gasteiger partial charge on any atom is -0.308 e. The Kier molecular flexibility index (Phi) is 5.98. The van der Waals surface area contributed by atoms with E-state index in [1.165, 1.54) is 66.6 Å². The first kappa shape index (κ1) is 29.5. The fraction of sp³-hybridized carbons (Fsp3) is 0.0196.